The molecule has 1 aromatic rings. The highest BCUT2D eigenvalue weighted by atomic mass is 32.2. The van der Waals surface area contributed by atoms with Crippen LogP contribution in [0.3, 0.4) is 0 Å². The van der Waals surface area contributed by atoms with Crippen molar-refractivity contribution in [1.29, 1.82) is 0 Å². The third-order valence-corrected chi connectivity index (χ3v) is 5.78. The van der Waals surface area contributed by atoms with E-state index in [1.165, 1.54) is 23.4 Å². The van der Waals surface area contributed by atoms with Crippen LogP contribution < -0.4 is 0 Å². The quantitative estimate of drug-likeness (QED) is 0.564. The van der Waals surface area contributed by atoms with E-state index in [9.17, 15) is 9.59 Å². The van der Waals surface area contributed by atoms with Gasteiger partial charge >= 0.3 is 5.97 Å². The van der Waals surface area contributed by atoms with Crippen molar-refractivity contribution in [3.63, 3.8) is 0 Å². The molecule has 1 aromatic carbocycles. The Bertz CT molecular complexity index is 839. The summed E-state index contributed by atoms with van der Waals surface area (Å²) in [5.41, 5.74) is 3.07. The fourth-order valence-corrected chi connectivity index (χ4v) is 4.28. The first-order valence-electron chi connectivity index (χ1n) is 9.02. The third kappa shape index (κ3) is 3.58. The molecule has 1 amide bonds. The van der Waals surface area contributed by atoms with Crippen molar-refractivity contribution in [2.75, 3.05) is 6.61 Å². The number of rotatable bonds is 5. The molecule has 0 N–H and O–H groups in total. The van der Waals surface area contributed by atoms with Crippen molar-refractivity contribution >= 4 is 28.8 Å². The number of amidine groups is 1. The molecule has 27 heavy (non-hydrogen) atoms. The molecule has 0 radical (unpaired) electrons. The van der Waals surface area contributed by atoms with Gasteiger partial charge in [-0.1, -0.05) is 62.5 Å². The number of carbonyl (C=O) groups is 2. The number of carbonyl (C=O) groups excluding carboxylic acids is 2. The molecule has 6 heteroatoms. The molecule has 3 rings (SSSR count). The molecule has 1 saturated heterocycles. The molecular formula is C21H24N2O3S. The molecule has 2 atom stereocenters. The number of thioether (sulfide) groups is 1. The Morgan fingerprint density at radius 3 is 2.63 bits per heavy atom. The standard InChI is InChI=1S/C21H24N2O3S/c1-6-11-26-20(25)17-13(4)22-21-23(19(24)14(5)27-21)18(17)16-9-7-15(8-10-16)12(2)3/h6-10,12,14,18H,1,11H2,2-5H3/t14-,18+/m1/s1. The van der Waals surface area contributed by atoms with Gasteiger partial charge in [-0.25, -0.2) is 9.79 Å². The maximum Gasteiger partial charge on any atom is 0.338 e. The first kappa shape index (κ1) is 19.4. The highest BCUT2D eigenvalue weighted by Crippen LogP contribution is 2.43. The highest BCUT2D eigenvalue weighted by molar-refractivity contribution is 8.15. The lowest BCUT2D eigenvalue weighted by molar-refractivity contribution is -0.139. The predicted molar refractivity (Wildman–Crippen MR) is 108 cm³/mol. The average Bonchev–Trinajstić information content (AvgIpc) is 2.92. The molecule has 0 spiro atoms. The summed E-state index contributed by atoms with van der Waals surface area (Å²) >= 11 is 1.42. The van der Waals surface area contributed by atoms with Gasteiger partial charge in [0.15, 0.2) is 5.17 Å². The number of hydrogen-bond donors (Lipinski definition) is 0. The number of allylic oxidation sites excluding steroid dienone is 1. The van der Waals surface area contributed by atoms with Gasteiger partial charge in [-0.3, -0.25) is 9.69 Å². The summed E-state index contributed by atoms with van der Waals surface area (Å²) < 4.78 is 5.30. The van der Waals surface area contributed by atoms with Crippen molar-refractivity contribution in [2.24, 2.45) is 4.99 Å². The van der Waals surface area contributed by atoms with Crippen LogP contribution in [0.15, 0.2) is 53.2 Å². The zero-order chi connectivity index (χ0) is 19.7. The van der Waals surface area contributed by atoms with Crippen LogP contribution in [0, 0.1) is 0 Å². The lowest BCUT2D eigenvalue weighted by Gasteiger charge is -2.33. The van der Waals surface area contributed by atoms with Gasteiger partial charge in [0.25, 0.3) is 0 Å². The van der Waals surface area contributed by atoms with E-state index in [4.69, 9.17) is 4.74 Å². The van der Waals surface area contributed by atoms with E-state index >= 15 is 0 Å². The molecule has 0 aliphatic carbocycles. The van der Waals surface area contributed by atoms with E-state index in [0.29, 0.717) is 22.4 Å². The highest BCUT2D eigenvalue weighted by Gasteiger charge is 2.46. The second-order valence-corrected chi connectivity index (χ2v) is 8.28. The van der Waals surface area contributed by atoms with Crippen molar-refractivity contribution in [3.05, 3.63) is 59.3 Å². The van der Waals surface area contributed by atoms with Gasteiger partial charge in [-0.15, -0.1) is 0 Å². The Labute approximate surface area is 164 Å². The zero-order valence-corrected chi connectivity index (χ0v) is 16.9. The maximum atomic E-state index is 12.8. The Hall–Kier alpha value is -2.34. The van der Waals surface area contributed by atoms with Crippen LogP contribution >= 0.6 is 11.8 Å². The van der Waals surface area contributed by atoms with Gasteiger partial charge in [0.2, 0.25) is 5.91 Å². The summed E-state index contributed by atoms with van der Waals surface area (Å²) in [6, 6.07) is 7.53. The minimum Gasteiger partial charge on any atom is -0.458 e. The molecule has 0 saturated carbocycles. The minimum atomic E-state index is -0.527. The molecule has 0 unspecified atom stereocenters. The number of benzene rings is 1. The molecule has 5 nitrogen and oxygen atoms in total. The lowest BCUT2D eigenvalue weighted by Crippen LogP contribution is -2.40. The number of ether oxygens (including phenoxy) is 1. The summed E-state index contributed by atoms with van der Waals surface area (Å²) in [5, 5.41) is 0.417. The monoisotopic (exact) mass is 384 g/mol. The summed E-state index contributed by atoms with van der Waals surface area (Å²) in [6.07, 6.45) is 1.52. The minimum absolute atomic E-state index is 0.0433. The van der Waals surface area contributed by atoms with Gasteiger partial charge in [0.05, 0.1) is 22.6 Å². The lowest BCUT2D eigenvalue weighted by atomic mass is 9.92. The Balaban J connectivity index is 2.08. The van der Waals surface area contributed by atoms with Crippen LogP contribution in [0.4, 0.5) is 0 Å². The van der Waals surface area contributed by atoms with Crippen LogP contribution in [0.5, 0.6) is 0 Å². The average molecular weight is 385 g/mol. The summed E-state index contributed by atoms with van der Waals surface area (Å²) in [4.78, 5) is 31.7. The van der Waals surface area contributed by atoms with E-state index in [1.807, 2.05) is 31.2 Å². The first-order chi connectivity index (χ1) is 12.8. The molecule has 2 aliphatic rings. The molecule has 142 valence electrons. The topological polar surface area (TPSA) is 59.0 Å². The fraction of sp³-hybridized carbons (Fsp3) is 0.381. The van der Waals surface area contributed by atoms with Crippen LogP contribution in [-0.2, 0) is 14.3 Å². The Morgan fingerprint density at radius 2 is 2.04 bits per heavy atom. The molecule has 0 aromatic heterocycles. The SMILES string of the molecule is C=CCOC(=O)C1=C(C)N=C2S[C@H](C)C(=O)N2[C@H]1c1ccc(C(C)C)cc1. The van der Waals surface area contributed by atoms with Crippen molar-refractivity contribution in [2.45, 2.75) is 44.9 Å². The van der Waals surface area contributed by atoms with Crippen molar-refractivity contribution in [1.82, 2.24) is 4.90 Å². The van der Waals surface area contributed by atoms with E-state index in [1.54, 1.807) is 11.8 Å². The van der Waals surface area contributed by atoms with Crippen LogP contribution in [0.2, 0.25) is 0 Å². The molecular weight excluding hydrogens is 360 g/mol. The second-order valence-electron chi connectivity index (χ2n) is 6.97. The number of aliphatic imine (C=N–C) groups is 1. The van der Waals surface area contributed by atoms with Crippen LogP contribution in [0.25, 0.3) is 0 Å². The number of nitrogens with zero attached hydrogens (tertiary/aromatic N) is 2. The maximum absolute atomic E-state index is 12.8. The second kappa shape index (κ2) is 7.72. The first-order valence-corrected chi connectivity index (χ1v) is 9.90. The van der Waals surface area contributed by atoms with E-state index in [-0.39, 0.29) is 17.8 Å². The zero-order valence-electron chi connectivity index (χ0n) is 16.1. The fourth-order valence-electron chi connectivity index (χ4n) is 3.25. The smallest absolute Gasteiger partial charge is 0.338 e. The van der Waals surface area contributed by atoms with Crippen molar-refractivity contribution < 1.29 is 14.3 Å². The van der Waals surface area contributed by atoms with Crippen molar-refractivity contribution in [3.8, 4) is 0 Å². The molecule has 2 heterocycles. The summed E-state index contributed by atoms with van der Waals surface area (Å²) in [5.74, 6) is -0.107. The number of hydrogen-bond acceptors (Lipinski definition) is 5. The summed E-state index contributed by atoms with van der Waals surface area (Å²) in [6.45, 7) is 11.6. The van der Waals surface area contributed by atoms with Gasteiger partial charge in [-0.2, -0.15) is 0 Å². The van der Waals surface area contributed by atoms with E-state index in [0.717, 1.165) is 5.56 Å². The Kier molecular flexibility index (Phi) is 5.56. The molecule has 2 aliphatic heterocycles. The largest absolute Gasteiger partial charge is 0.458 e. The Morgan fingerprint density at radius 1 is 1.37 bits per heavy atom. The van der Waals surface area contributed by atoms with Gasteiger partial charge < -0.3 is 4.74 Å². The number of fused-ring (bicyclic) bond motifs is 1. The molecule has 0 bridgehead atoms. The summed E-state index contributed by atoms with van der Waals surface area (Å²) in [7, 11) is 0. The number of amides is 1. The normalized spacial score (nSPS) is 22.0. The van der Waals surface area contributed by atoms with Gasteiger partial charge in [0.1, 0.15) is 6.61 Å². The van der Waals surface area contributed by atoms with E-state index in [2.05, 4.69) is 25.4 Å². The third-order valence-electron chi connectivity index (χ3n) is 4.73. The van der Waals surface area contributed by atoms with Gasteiger partial charge in [0, 0.05) is 0 Å². The number of esters is 1. The predicted octanol–water partition coefficient (Wildman–Crippen LogP) is 4.19. The van der Waals surface area contributed by atoms with Crippen LogP contribution in [0.1, 0.15) is 50.8 Å². The van der Waals surface area contributed by atoms with Crippen LogP contribution in [-0.4, -0.2) is 33.8 Å². The van der Waals surface area contributed by atoms with E-state index < -0.39 is 12.0 Å². The molecule has 1 fully saturated rings. The van der Waals surface area contributed by atoms with Gasteiger partial charge in [-0.05, 0) is 30.9 Å².